The summed E-state index contributed by atoms with van der Waals surface area (Å²) in [5, 5.41) is 11.5. The Bertz CT molecular complexity index is 747. The Hall–Kier alpha value is -1.22. The van der Waals surface area contributed by atoms with Crippen LogP contribution in [-0.2, 0) is 9.59 Å². The van der Waals surface area contributed by atoms with Gasteiger partial charge < -0.3 is 5.11 Å². The fraction of sp³-hybridized carbons (Fsp3) is 0.739. The van der Waals surface area contributed by atoms with Gasteiger partial charge in [0.25, 0.3) is 0 Å². The standard InChI is InChI=1S/C23H32O3/c1-13-10-17-18(21(4)8-6-16(25)12-19(13)21)7-9-22(5)20(17)11-14(2)23(22,26)15(3)24/h10,12,14,17-18,20,26H,6-9,11H2,1-5H3/t14-,17-,18+,20+,21-,22+,23+/m1/s1. The van der Waals surface area contributed by atoms with Crippen LogP contribution in [0.25, 0.3) is 0 Å². The van der Waals surface area contributed by atoms with Crippen molar-refractivity contribution < 1.29 is 14.7 Å². The van der Waals surface area contributed by atoms with Crippen LogP contribution in [0.2, 0.25) is 0 Å². The lowest BCUT2D eigenvalue weighted by molar-refractivity contribution is -0.162. The molecule has 0 heterocycles. The number of rotatable bonds is 1. The molecule has 4 aliphatic carbocycles. The van der Waals surface area contributed by atoms with Gasteiger partial charge in [-0.2, -0.15) is 0 Å². The van der Waals surface area contributed by atoms with Crippen molar-refractivity contribution in [3.63, 3.8) is 0 Å². The van der Waals surface area contributed by atoms with Crippen LogP contribution in [0.1, 0.15) is 66.7 Å². The topological polar surface area (TPSA) is 54.4 Å². The van der Waals surface area contributed by atoms with E-state index in [-0.39, 0.29) is 28.3 Å². The Balaban J connectivity index is 1.82. The fourth-order valence-electron chi connectivity index (χ4n) is 7.51. The van der Waals surface area contributed by atoms with Crippen molar-refractivity contribution in [3.05, 3.63) is 23.3 Å². The summed E-state index contributed by atoms with van der Waals surface area (Å²) in [6.07, 6.45) is 8.66. The smallest absolute Gasteiger partial charge is 0.162 e. The Morgan fingerprint density at radius 1 is 1.23 bits per heavy atom. The molecule has 0 spiro atoms. The number of carbonyl (C=O) groups excluding carboxylic acids is 2. The monoisotopic (exact) mass is 356 g/mol. The minimum absolute atomic E-state index is 0.000125. The molecule has 3 heteroatoms. The van der Waals surface area contributed by atoms with Crippen LogP contribution >= 0.6 is 0 Å². The van der Waals surface area contributed by atoms with E-state index in [0.29, 0.717) is 24.2 Å². The second-order valence-corrected chi connectivity index (χ2v) is 10.00. The number of aliphatic hydroxyl groups is 1. The highest BCUT2D eigenvalue weighted by Gasteiger charge is 2.67. The predicted molar refractivity (Wildman–Crippen MR) is 101 cm³/mol. The number of ketones is 2. The third-order valence-electron chi connectivity index (χ3n) is 8.95. The van der Waals surface area contributed by atoms with Gasteiger partial charge >= 0.3 is 0 Å². The molecule has 26 heavy (non-hydrogen) atoms. The average molecular weight is 357 g/mol. The summed E-state index contributed by atoms with van der Waals surface area (Å²) in [6, 6.07) is 0. The van der Waals surface area contributed by atoms with Gasteiger partial charge in [-0.05, 0) is 80.3 Å². The summed E-state index contributed by atoms with van der Waals surface area (Å²) in [4.78, 5) is 24.5. The van der Waals surface area contributed by atoms with Crippen molar-refractivity contribution in [2.24, 2.45) is 34.5 Å². The largest absolute Gasteiger partial charge is 0.381 e. The number of hydrogen-bond donors (Lipinski definition) is 1. The van der Waals surface area contributed by atoms with E-state index >= 15 is 0 Å². The molecule has 142 valence electrons. The lowest BCUT2D eigenvalue weighted by atomic mass is 9.47. The van der Waals surface area contributed by atoms with Gasteiger partial charge in [-0.15, -0.1) is 0 Å². The van der Waals surface area contributed by atoms with Gasteiger partial charge in [0.2, 0.25) is 0 Å². The molecule has 4 aliphatic rings. The van der Waals surface area contributed by atoms with E-state index in [1.807, 2.05) is 13.0 Å². The van der Waals surface area contributed by atoms with Gasteiger partial charge in [-0.3, -0.25) is 9.59 Å². The highest BCUT2D eigenvalue weighted by Crippen LogP contribution is 2.68. The first-order valence-electron chi connectivity index (χ1n) is 10.2. The molecule has 2 fully saturated rings. The molecule has 4 rings (SSSR count). The third kappa shape index (κ3) is 1.99. The zero-order chi connectivity index (χ0) is 19.1. The van der Waals surface area contributed by atoms with Crippen LogP contribution in [0.15, 0.2) is 23.3 Å². The molecule has 1 N–H and O–H groups in total. The zero-order valence-corrected chi connectivity index (χ0v) is 16.8. The first-order valence-corrected chi connectivity index (χ1v) is 10.2. The summed E-state index contributed by atoms with van der Waals surface area (Å²) in [5.41, 5.74) is 0.977. The highest BCUT2D eigenvalue weighted by atomic mass is 16.3. The molecule has 0 aromatic carbocycles. The van der Waals surface area contributed by atoms with E-state index < -0.39 is 5.60 Å². The van der Waals surface area contributed by atoms with Crippen LogP contribution < -0.4 is 0 Å². The first kappa shape index (κ1) is 18.2. The van der Waals surface area contributed by atoms with E-state index in [0.717, 1.165) is 25.7 Å². The molecule has 0 aliphatic heterocycles. The van der Waals surface area contributed by atoms with E-state index in [1.54, 1.807) is 6.92 Å². The highest BCUT2D eigenvalue weighted by molar-refractivity contribution is 5.92. The summed E-state index contributed by atoms with van der Waals surface area (Å²) in [7, 11) is 0. The average Bonchev–Trinajstić information content (AvgIpc) is 2.78. The first-order chi connectivity index (χ1) is 12.1. The summed E-state index contributed by atoms with van der Waals surface area (Å²) < 4.78 is 0. The van der Waals surface area contributed by atoms with Gasteiger partial charge in [-0.1, -0.05) is 32.4 Å². The number of fused-ring (bicyclic) bond motifs is 5. The lowest BCUT2D eigenvalue weighted by Crippen LogP contribution is -2.58. The van der Waals surface area contributed by atoms with Crippen molar-refractivity contribution in [3.8, 4) is 0 Å². The summed E-state index contributed by atoms with van der Waals surface area (Å²) in [6.45, 7) is 10.2. The van der Waals surface area contributed by atoms with Crippen LogP contribution in [-0.4, -0.2) is 22.3 Å². The number of hydrogen-bond acceptors (Lipinski definition) is 3. The minimum atomic E-state index is -1.20. The molecule has 0 unspecified atom stereocenters. The normalized spacial score (nSPS) is 50.3. The molecular weight excluding hydrogens is 324 g/mol. The Morgan fingerprint density at radius 3 is 2.58 bits per heavy atom. The van der Waals surface area contributed by atoms with Crippen molar-refractivity contribution in [2.75, 3.05) is 0 Å². The van der Waals surface area contributed by atoms with Crippen molar-refractivity contribution in [1.82, 2.24) is 0 Å². The van der Waals surface area contributed by atoms with Gasteiger partial charge in [0.05, 0.1) is 0 Å². The van der Waals surface area contributed by atoms with Crippen LogP contribution in [0.5, 0.6) is 0 Å². The maximum Gasteiger partial charge on any atom is 0.162 e. The summed E-state index contributed by atoms with van der Waals surface area (Å²) >= 11 is 0. The molecule has 0 aromatic rings. The maximum absolute atomic E-state index is 12.5. The molecule has 0 radical (unpaired) electrons. The second-order valence-electron chi connectivity index (χ2n) is 10.00. The molecule has 7 atom stereocenters. The fourth-order valence-corrected chi connectivity index (χ4v) is 7.51. The van der Waals surface area contributed by atoms with Gasteiger partial charge in [0, 0.05) is 11.8 Å². The molecule has 0 saturated heterocycles. The van der Waals surface area contributed by atoms with E-state index in [1.165, 1.54) is 11.1 Å². The molecule has 0 bridgehead atoms. The van der Waals surface area contributed by atoms with E-state index in [9.17, 15) is 14.7 Å². The van der Waals surface area contributed by atoms with Crippen molar-refractivity contribution in [1.29, 1.82) is 0 Å². The Labute approximate surface area is 156 Å². The SMILES string of the molecule is CC(=O)[C@@]1(O)[C@H](C)C[C@H]2[C@@H]3C=C(C)C4=CC(=O)CC[C@]4(C)[C@H]3CC[C@@]21C. The molecule has 2 saturated carbocycles. The quantitative estimate of drug-likeness (QED) is 0.764. The van der Waals surface area contributed by atoms with Crippen molar-refractivity contribution in [2.45, 2.75) is 72.3 Å². The number of carbonyl (C=O) groups is 2. The van der Waals surface area contributed by atoms with Crippen LogP contribution in [0, 0.1) is 34.5 Å². The molecule has 0 aromatic heterocycles. The summed E-state index contributed by atoms with van der Waals surface area (Å²) in [5.74, 6) is 1.41. The van der Waals surface area contributed by atoms with Gasteiger partial charge in [-0.25, -0.2) is 0 Å². The lowest BCUT2D eigenvalue weighted by Gasteiger charge is -2.57. The second kappa shape index (κ2) is 5.41. The molecule has 0 amide bonds. The number of Topliss-reactive ketones (excluding diaryl/α,β-unsaturated/α-hetero) is 1. The van der Waals surface area contributed by atoms with E-state index in [4.69, 9.17) is 0 Å². The van der Waals surface area contributed by atoms with Gasteiger partial charge in [0.15, 0.2) is 11.6 Å². The molecule has 3 nitrogen and oxygen atoms in total. The van der Waals surface area contributed by atoms with Crippen molar-refractivity contribution >= 4 is 11.6 Å². The Kier molecular flexibility index (Phi) is 3.77. The maximum atomic E-state index is 12.5. The number of allylic oxidation sites excluding steroid dienone is 4. The van der Waals surface area contributed by atoms with Crippen LogP contribution in [0.3, 0.4) is 0 Å². The zero-order valence-electron chi connectivity index (χ0n) is 16.8. The molecular formula is C23H32O3. The minimum Gasteiger partial charge on any atom is -0.381 e. The van der Waals surface area contributed by atoms with E-state index in [2.05, 4.69) is 26.8 Å². The third-order valence-corrected chi connectivity index (χ3v) is 8.95. The van der Waals surface area contributed by atoms with Gasteiger partial charge in [0.1, 0.15) is 5.60 Å². The van der Waals surface area contributed by atoms with Crippen LogP contribution in [0.4, 0.5) is 0 Å². The predicted octanol–water partition coefficient (Wildman–Crippen LogP) is 4.25. The Morgan fingerprint density at radius 2 is 1.92 bits per heavy atom.